The van der Waals surface area contributed by atoms with Crippen LogP contribution >= 0.6 is 11.6 Å². The lowest BCUT2D eigenvalue weighted by Crippen LogP contribution is -2.44. The fourth-order valence-corrected chi connectivity index (χ4v) is 3.39. The van der Waals surface area contributed by atoms with E-state index in [2.05, 4.69) is 27.7 Å². The fourth-order valence-electron chi connectivity index (χ4n) is 3.26. The number of halogens is 1. The summed E-state index contributed by atoms with van der Waals surface area (Å²) in [4.78, 5) is 14.6. The summed E-state index contributed by atoms with van der Waals surface area (Å²) >= 11 is 5.93. The van der Waals surface area contributed by atoms with E-state index < -0.39 is 0 Å². The Hall–Kier alpha value is -2.04. The Morgan fingerprint density at radius 1 is 1.04 bits per heavy atom. The van der Waals surface area contributed by atoms with E-state index in [4.69, 9.17) is 11.6 Å². The molecule has 1 heterocycles. The van der Waals surface area contributed by atoms with Crippen molar-refractivity contribution in [1.82, 2.24) is 10.2 Å². The van der Waals surface area contributed by atoms with Crippen LogP contribution in [-0.4, -0.2) is 36.5 Å². The number of likely N-dealkylation sites (tertiary alicyclic amines) is 1. The van der Waals surface area contributed by atoms with Crippen molar-refractivity contribution in [3.05, 3.63) is 65.2 Å². The van der Waals surface area contributed by atoms with Crippen molar-refractivity contribution in [3.8, 4) is 0 Å². The third-order valence-electron chi connectivity index (χ3n) is 4.73. The number of rotatable bonds is 7. The van der Waals surface area contributed by atoms with Crippen LogP contribution in [0.2, 0.25) is 5.02 Å². The van der Waals surface area contributed by atoms with Gasteiger partial charge in [0.25, 0.3) is 0 Å². The molecule has 2 aromatic rings. The molecule has 138 valence electrons. The first-order chi connectivity index (χ1) is 12.7. The predicted molar refractivity (Wildman–Crippen MR) is 107 cm³/mol. The minimum absolute atomic E-state index is 0.129. The Morgan fingerprint density at radius 2 is 1.73 bits per heavy atom. The van der Waals surface area contributed by atoms with Gasteiger partial charge in [0.1, 0.15) is 0 Å². The zero-order chi connectivity index (χ0) is 18.2. The number of para-hydroxylation sites is 1. The Morgan fingerprint density at radius 3 is 2.42 bits per heavy atom. The van der Waals surface area contributed by atoms with Gasteiger partial charge in [0.2, 0.25) is 5.91 Å². The van der Waals surface area contributed by atoms with Crippen molar-refractivity contribution in [1.29, 1.82) is 0 Å². The van der Waals surface area contributed by atoms with Crippen LogP contribution in [-0.2, 0) is 11.3 Å². The van der Waals surface area contributed by atoms with E-state index in [9.17, 15) is 4.79 Å². The van der Waals surface area contributed by atoms with E-state index in [1.807, 2.05) is 42.5 Å². The molecule has 4 nitrogen and oxygen atoms in total. The summed E-state index contributed by atoms with van der Waals surface area (Å²) in [6, 6.07) is 18.3. The van der Waals surface area contributed by atoms with Gasteiger partial charge in [0.15, 0.2) is 0 Å². The van der Waals surface area contributed by atoms with Gasteiger partial charge in [-0.05, 0) is 42.7 Å². The Balaban J connectivity index is 1.33. The molecule has 0 unspecified atom stereocenters. The number of carbonyl (C=O) groups is 1. The van der Waals surface area contributed by atoms with Crippen LogP contribution in [0.3, 0.4) is 0 Å². The summed E-state index contributed by atoms with van der Waals surface area (Å²) in [5.74, 6) is 0.129. The van der Waals surface area contributed by atoms with Gasteiger partial charge in [-0.2, -0.15) is 0 Å². The molecule has 0 saturated carbocycles. The highest BCUT2D eigenvalue weighted by atomic mass is 35.5. The van der Waals surface area contributed by atoms with Crippen molar-refractivity contribution < 1.29 is 4.79 Å². The largest absolute Gasteiger partial charge is 0.385 e. The van der Waals surface area contributed by atoms with Crippen molar-refractivity contribution in [2.45, 2.75) is 31.8 Å². The number of hydrogen-bond acceptors (Lipinski definition) is 3. The van der Waals surface area contributed by atoms with E-state index in [0.29, 0.717) is 19.0 Å². The van der Waals surface area contributed by atoms with Crippen molar-refractivity contribution in [2.75, 3.05) is 25.0 Å². The Bertz CT molecular complexity index is 682. The van der Waals surface area contributed by atoms with Gasteiger partial charge < -0.3 is 10.6 Å². The Kier molecular flexibility index (Phi) is 6.92. The average Bonchev–Trinajstić information content (AvgIpc) is 2.66. The highest BCUT2D eigenvalue weighted by molar-refractivity contribution is 6.30. The van der Waals surface area contributed by atoms with Crippen molar-refractivity contribution >= 4 is 23.2 Å². The third-order valence-corrected chi connectivity index (χ3v) is 4.98. The molecule has 26 heavy (non-hydrogen) atoms. The van der Waals surface area contributed by atoms with E-state index in [-0.39, 0.29) is 5.91 Å². The van der Waals surface area contributed by atoms with Gasteiger partial charge in [-0.25, -0.2) is 0 Å². The maximum absolute atomic E-state index is 12.1. The zero-order valence-electron chi connectivity index (χ0n) is 15.0. The summed E-state index contributed by atoms with van der Waals surface area (Å²) in [7, 11) is 0. The van der Waals surface area contributed by atoms with Crippen LogP contribution in [0.15, 0.2) is 54.6 Å². The number of carbonyl (C=O) groups excluding carboxylic acids is 1. The third kappa shape index (κ3) is 6.04. The lowest BCUT2D eigenvalue weighted by molar-refractivity contribution is -0.121. The van der Waals surface area contributed by atoms with E-state index in [0.717, 1.165) is 43.2 Å². The standard InChI is InChI=1S/C21H26ClN3O/c22-18-8-6-17(7-9-18)16-25-14-11-20(12-15-25)24-21(26)10-13-23-19-4-2-1-3-5-19/h1-9,20,23H,10-16H2,(H,24,26). The molecule has 0 aromatic heterocycles. The highest BCUT2D eigenvalue weighted by Crippen LogP contribution is 2.16. The van der Waals surface area contributed by atoms with Crippen LogP contribution in [0.5, 0.6) is 0 Å². The molecule has 1 aliphatic heterocycles. The molecule has 0 aliphatic carbocycles. The molecule has 0 bridgehead atoms. The second-order valence-electron chi connectivity index (χ2n) is 6.79. The zero-order valence-corrected chi connectivity index (χ0v) is 15.7. The van der Waals surface area contributed by atoms with Gasteiger partial charge in [-0.1, -0.05) is 41.9 Å². The maximum atomic E-state index is 12.1. The SMILES string of the molecule is O=C(CCNc1ccccc1)NC1CCN(Cc2ccc(Cl)cc2)CC1. The summed E-state index contributed by atoms with van der Waals surface area (Å²) < 4.78 is 0. The molecule has 0 atom stereocenters. The smallest absolute Gasteiger partial charge is 0.221 e. The Labute approximate surface area is 160 Å². The van der Waals surface area contributed by atoms with Gasteiger partial charge >= 0.3 is 0 Å². The van der Waals surface area contributed by atoms with Crippen LogP contribution in [0.1, 0.15) is 24.8 Å². The maximum Gasteiger partial charge on any atom is 0.221 e. The van der Waals surface area contributed by atoms with E-state index >= 15 is 0 Å². The summed E-state index contributed by atoms with van der Waals surface area (Å²) in [6.45, 7) is 3.62. The minimum atomic E-state index is 0.129. The molecule has 1 aliphatic rings. The normalized spacial score (nSPS) is 15.6. The predicted octanol–water partition coefficient (Wildman–Crippen LogP) is 3.92. The highest BCUT2D eigenvalue weighted by Gasteiger charge is 2.20. The molecule has 0 radical (unpaired) electrons. The van der Waals surface area contributed by atoms with Crippen LogP contribution in [0, 0.1) is 0 Å². The van der Waals surface area contributed by atoms with Crippen LogP contribution in [0.4, 0.5) is 5.69 Å². The number of hydrogen-bond donors (Lipinski definition) is 2. The number of piperidine rings is 1. The number of anilines is 1. The van der Waals surface area contributed by atoms with Gasteiger partial charge in [-0.15, -0.1) is 0 Å². The fraction of sp³-hybridized carbons (Fsp3) is 0.381. The second-order valence-corrected chi connectivity index (χ2v) is 7.22. The summed E-state index contributed by atoms with van der Waals surface area (Å²) in [5.41, 5.74) is 2.33. The van der Waals surface area contributed by atoms with E-state index in [1.165, 1.54) is 5.56 Å². The molecular weight excluding hydrogens is 346 g/mol. The van der Waals surface area contributed by atoms with Gasteiger partial charge in [0.05, 0.1) is 0 Å². The van der Waals surface area contributed by atoms with Gasteiger partial charge in [-0.3, -0.25) is 9.69 Å². The quantitative estimate of drug-likeness (QED) is 0.775. The molecule has 1 saturated heterocycles. The summed E-state index contributed by atoms with van der Waals surface area (Å²) in [5, 5.41) is 7.22. The second kappa shape index (κ2) is 9.60. The number of nitrogens with zero attached hydrogens (tertiary/aromatic N) is 1. The first kappa shape index (κ1) is 18.7. The molecule has 2 aromatic carbocycles. The molecular formula is C21H26ClN3O. The molecule has 1 amide bonds. The summed E-state index contributed by atoms with van der Waals surface area (Å²) in [6.07, 6.45) is 2.51. The first-order valence-electron chi connectivity index (χ1n) is 9.24. The monoisotopic (exact) mass is 371 g/mol. The molecule has 2 N–H and O–H groups in total. The topological polar surface area (TPSA) is 44.4 Å². The molecule has 1 fully saturated rings. The molecule has 5 heteroatoms. The minimum Gasteiger partial charge on any atom is -0.385 e. The average molecular weight is 372 g/mol. The number of nitrogens with one attached hydrogen (secondary N) is 2. The van der Waals surface area contributed by atoms with Crippen LogP contribution < -0.4 is 10.6 Å². The molecule has 3 rings (SSSR count). The van der Waals surface area contributed by atoms with E-state index in [1.54, 1.807) is 0 Å². The van der Waals surface area contributed by atoms with Gasteiger partial charge in [0, 0.05) is 49.4 Å². The van der Waals surface area contributed by atoms with Crippen molar-refractivity contribution in [2.24, 2.45) is 0 Å². The first-order valence-corrected chi connectivity index (χ1v) is 9.62. The number of benzene rings is 2. The molecule has 0 spiro atoms. The lowest BCUT2D eigenvalue weighted by Gasteiger charge is -2.32. The van der Waals surface area contributed by atoms with Crippen molar-refractivity contribution in [3.63, 3.8) is 0 Å². The number of amides is 1. The van der Waals surface area contributed by atoms with Crippen LogP contribution in [0.25, 0.3) is 0 Å². The lowest BCUT2D eigenvalue weighted by atomic mass is 10.0.